The number of carboxylic acids is 1. The van der Waals surface area contributed by atoms with E-state index in [4.69, 9.17) is 5.11 Å². The van der Waals surface area contributed by atoms with Crippen molar-refractivity contribution < 1.29 is 9.90 Å². The lowest BCUT2D eigenvalue weighted by Crippen LogP contribution is -2.00. The highest BCUT2D eigenvalue weighted by Crippen LogP contribution is 2.26. The summed E-state index contributed by atoms with van der Waals surface area (Å²) in [6, 6.07) is 5.84. The first-order chi connectivity index (χ1) is 7.15. The molecule has 1 aromatic heterocycles. The number of H-pyrrole nitrogens is 1. The van der Waals surface area contributed by atoms with Gasteiger partial charge in [-0.1, -0.05) is 19.1 Å². The predicted octanol–water partition coefficient (Wildman–Crippen LogP) is 2.74. The van der Waals surface area contributed by atoms with Gasteiger partial charge in [0, 0.05) is 10.9 Å². The van der Waals surface area contributed by atoms with Crippen molar-refractivity contribution in [2.45, 2.75) is 20.3 Å². The molecule has 1 aromatic carbocycles. The molecule has 0 unspecified atom stereocenters. The zero-order chi connectivity index (χ0) is 11.0. The van der Waals surface area contributed by atoms with Crippen molar-refractivity contribution in [3.63, 3.8) is 0 Å². The normalized spacial score (nSPS) is 10.8. The van der Waals surface area contributed by atoms with Crippen molar-refractivity contribution in [3.8, 4) is 0 Å². The molecule has 0 aliphatic heterocycles. The van der Waals surface area contributed by atoms with E-state index in [9.17, 15) is 4.79 Å². The van der Waals surface area contributed by atoms with Gasteiger partial charge in [0.1, 0.15) is 5.69 Å². The quantitative estimate of drug-likeness (QED) is 0.788. The summed E-state index contributed by atoms with van der Waals surface area (Å²) < 4.78 is 0. The molecule has 0 fully saturated rings. The van der Waals surface area contributed by atoms with Gasteiger partial charge >= 0.3 is 5.97 Å². The molecule has 2 rings (SSSR count). The van der Waals surface area contributed by atoms with Gasteiger partial charge in [0.15, 0.2) is 0 Å². The van der Waals surface area contributed by atoms with Gasteiger partial charge in [-0.15, -0.1) is 0 Å². The summed E-state index contributed by atoms with van der Waals surface area (Å²) in [7, 11) is 0. The molecule has 2 aromatic rings. The molecule has 0 saturated heterocycles. The Labute approximate surface area is 87.7 Å². The minimum absolute atomic E-state index is 0.321. The van der Waals surface area contributed by atoms with Gasteiger partial charge in [-0.2, -0.15) is 0 Å². The zero-order valence-corrected chi connectivity index (χ0v) is 8.79. The van der Waals surface area contributed by atoms with Crippen LogP contribution in [0.1, 0.15) is 28.5 Å². The Hall–Kier alpha value is -1.77. The van der Waals surface area contributed by atoms with E-state index in [1.165, 1.54) is 0 Å². The van der Waals surface area contributed by atoms with Crippen molar-refractivity contribution in [2.75, 3.05) is 0 Å². The molecular weight excluding hydrogens is 190 g/mol. The topological polar surface area (TPSA) is 53.1 Å². The lowest BCUT2D eigenvalue weighted by atomic mass is 10.0. The maximum absolute atomic E-state index is 11.0. The minimum Gasteiger partial charge on any atom is -0.477 e. The molecule has 0 saturated carbocycles. The number of aryl methyl sites for hydroxylation is 2. The molecule has 0 radical (unpaired) electrons. The Bertz CT molecular complexity index is 526. The maximum Gasteiger partial charge on any atom is 0.352 e. The molecule has 3 nitrogen and oxygen atoms in total. The molecule has 1 heterocycles. The van der Waals surface area contributed by atoms with E-state index >= 15 is 0 Å². The number of hydrogen-bond acceptors (Lipinski definition) is 1. The summed E-state index contributed by atoms with van der Waals surface area (Å²) >= 11 is 0. The Morgan fingerprint density at radius 2 is 2.20 bits per heavy atom. The van der Waals surface area contributed by atoms with E-state index in [1.54, 1.807) is 0 Å². The summed E-state index contributed by atoms with van der Waals surface area (Å²) in [6.07, 6.45) is 0.729. The molecule has 0 bridgehead atoms. The minimum atomic E-state index is -0.887. The second kappa shape index (κ2) is 3.42. The van der Waals surface area contributed by atoms with Gasteiger partial charge in [-0.25, -0.2) is 4.79 Å². The number of aromatic nitrogens is 1. The average molecular weight is 203 g/mol. The van der Waals surface area contributed by atoms with Gasteiger partial charge in [0.05, 0.1) is 0 Å². The molecule has 0 aliphatic carbocycles. The van der Waals surface area contributed by atoms with Crippen LogP contribution in [0.5, 0.6) is 0 Å². The summed E-state index contributed by atoms with van der Waals surface area (Å²) in [5.74, 6) is -0.887. The first kappa shape index (κ1) is 9.77. The summed E-state index contributed by atoms with van der Waals surface area (Å²) in [6.45, 7) is 3.97. The second-order valence-corrected chi connectivity index (χ2v) is 3.63. The van der Waals surface area contributed by atoms with E-state index in [1.807, 2.05) is 32.0 Å². The molecule has 15 heavy (non-hydrogen) atoms. The first-order valence-corrected chi connectivity index (χ1v) is 4.98. The van der Waals surface area contributed by atoms with E-state index in [0.29, 0.717) is 5.69 Å². The van der Waals surface area contributed by atoms with Crippen molar-refractivity contribution in [1.29, 1.82) is 0 Å². The number of hydrogen-bond donors (Lipinski definition) is 2. The van der Waals surface area contributed by atoms with Crippen LogP contribution >= 0.6 is 0 Å². The van der Waals surface area contributed by atoms with E-state index in [0.717, 1.165) is 28.5 Å². The van der Waals surface area contributed by atoms with Crippen LogP contribution in [0.15, 0.2) is 18.2 Å². The summed E-state index contributed by atoms with van der Waals surface area (Å²) in [5, 5.41) is 10.1. The predicted molar refractivity (Wildman–Crippen MR) is 59.4 cm³/mol. The van der Waals surface area contributed by atoms with Crippen LogP contribution in [0.3, 0.4) is 0 Å². The number of benzene rings is 1. The number of aromatic carboxylic acids is 1. The largest absolute Gasteiger partial charge is 0.477 e. The van der Waals surface area contributed by atoms with Crippen LogP contribution in [0.2, 0.25) is 0 Å². The highest BCUT2D eigenvalue weighted by atomic mass is 16.4. The molecule has 78 valence electrons. The van der Waals surface area contributed by atoms with Crippen molar-refractivity contribution in [1.82, 2.24) is 4.98 Å². The molecular formula is C12H13NO2. The fourth-order valence-corrected chi connectivity index (χ4v) is 2.04. The monoisotopic (exact) mass is 203 g/mol. The van der Waals surface area contributed by atoms with Gasteiger partial charge in [-0.3, -0.25) is 0 Å². The third-order valence-electron chi connectivity index (χ3n) is 2.70. The van der Waals surface area contributed by atoms with Crippen LogP contribution in [-0.2, 0) is 6.42 Å². The SMILES string of the molecule is CCc1c(C(=O)O)[nH]c2cccc(C)c12. The van der Waals surface area contributed by atoms with Crippen LogP contribution in [0.4, 0.5) is 0 Å². The lowest BCUT2D eigenvalue weighted by molar-refractivity contribution is 0.0690. The Balaban J connectivity index is 2.86. The van der Waals surface area contributed by atoms with Gasteiger partial charge in [0.25, 0.3) is 0 Å². The van der Waals surface area contributed by atoms with Crippen LogP contribution in [-0.4, -0.2) is 16.1 Å². The molecule has 0 aliphatic rings. The fraction of sp³-hybridized carbons (Fsp3) is 0.250. The second-order valence-electron chi connectivity index (χ2n) is 3.63. The van der Waals surface area contributed by atoms with Crippen molar-refractivity contribution in [3.05, 3.63) is 35.0 Å². The highest BCUT2D eigenvalue weighted by molar-refractivity contribution is 5.98. The van der Waals surface area contributed by atoms with Gasteiger partial charge < -0.3 is 10.1 Å². The lowest BCUT2D eigenvalue weighted by Gasteiger charge is -1.99. The number of carbonyl (C=O) groups is 1. The van der Waals surface area contributed by atoms with Crippen LogP contribution in [0, 0.1) is 6.92 Å². The number of aromatic amines is 1. The first-order valence-electron chi connectivity index (χ1n) is 4.98. The Morgan fingerprint density at radius 3 is 2.80 bits per heavy atom. The third-order valence-corrected chi connectivity index (χ3v) is 2.70. The van der Waals surface area contributed by atoms with E-state index < -0.39 is 5.97 Å². The molecule has 0 atom stereocenters. The molecule has 0 amide bonds. The Morgan fingerprint density at radius 1 is 1.47 bits per heavy atom. The summed E-state index contributed by atoms with van der Waals surface area (Å²) in [5.41, 5.74) is 3.25. The fourth-order valence-electron chi connectivity index (χ4n) is 2.04. The van der Waals surface area contributed by atoms with Crippen molar-refractivity contribution >= 4 is 16.9 Å². The van der Waals surface area contributed by atoms with E-state index in [2.05, 4.69) is 4.98 Å². The Kier molecular flexibility index (Phi) is 2.23. The van der Waals surface area contributed by atoms with E-state index in [-0.39, 0.29) is 0 Å². The van der Waals surface area contributed by atoms with Gasteiger partial charge in [0.2, 0.25) is 0 Å². The molecule has 3 heteroatoms. The van der Waals surface area contributed by atoms with Gasteiger partial charge in [-0.05, 0) is 30.5 Å². The zero-order valence-electron chi connectivity index (χ0n) is 8.79. The third kappa shape index (κ3) is 1.40. The number of nitrogens with one attached hydrogen (secondary N) is 1. The van der Waals surface area contributed by atoms with Crippen LogP contribution in [0.25, 0.3) is 10.9 Å². The number of carboxylic acid groups (broad SMARTS) is 1. The van der Waals surface area contributed by atoms with Crippen molar-refractivity contribution in [2.24, 2.45) is 0 Å². The highest BCUT2D eigenvalue weighted by Gasteiger charge is 2.16. The number of rotatable bonds is 2. The standard InChI is InChI=1S/C12H13NO2/c1-3-8-10-7(2)5-4-6-9(10)13-11(8)12(14)15/h4-6,13H,3H2,1-2H3,(H,14,15). The van der Waals surface area contributed by atoms with Crippen LogP contribution < -0.4 is 0 Å². The summed E-state index contributed by atoms with van der Waals surface area (Å²) in [4.78, 5) is 14.0. The molecule has 0 spiro atoms. The molecule has 2 N–H and O–H groups in total. The number of fused-ring (bicyclic) bond motifs is 1. The average Bonchev–Trinajstić information content (AvgIpc) is 2.57. The smallest absolute Gasteiger partial charge is 0.352 e. The maximum atomic E-state index is 11.0.